The summed E-state index contributed by atoms with van der Waals surface area (Å²) in [6.45, 7) is 0. The Morgan fingerprint density at radius 2 is 0.948 bits per heavy atom. The molecule has 30 heteroatoms. The standard InChI is InChI=1S/C28H23N7O18S5/c1-30-33-26-21(58(50,51)52)8-12-7-19(56(44,45)46)24(23(29)22(12)28(26)37)34-32-16-10-14-11(5-17(16)54(38,39)40)6-20(57(47,48)49)25(27(14)36)35-31-15-4-3-13(53-2)9-18(15)55(41,42)43/h3-10,36-37H,29H2,1-2H3,(H,38,39,40)(H,41,42,43)(H,44,45,46)(H,47,48,49)(H,50,51,52). The molecule has 5 rings (SSSR count). The van der Waals surface area contributed by atoms with Crippen LogP contribution in [0.1, 0.15) is 0 Å². The highest BCUT2D eigenvalue weighted by atomic mass is 32.2. The van der Waals surface area contributed by atoms with Gasteiger partial charge in [-0.15, -0.1) is 20.5 Å². The van der Waals surface area contributed by atoms with E-state index in [1.807, 2.05) is 0 Å². The van der Waals surface area contributed by atoms with Gasteiger partial charge in [0.25, 0.3) is 50.6 Å². The first-order valence-electron chi connectivity index (χ1n) is 14.7. The van der Waals surface area contributed by atoms with Gasteiger partial charge in [0.15, 0.2) is 11.5 Å². The lowest BCUT2D eigenvalue weighted by Gasteiger charge is -2.14. The molecule has 5 aromatic carbocycles. The van der Waals surface area contributed by atoms with Gasteiger partial charge in [-0.25, -0.2) is 0 Å². The summed E-state index contributed by atoms with van der Waals surface area (Å²) in [5.41, 5.74) is 0.546. The number of phenolic OH excluding ortho intramolecular Hbond substituents is 2. The van der Waals surface area contributed by atoms with E-state index in [0.29, 0.717) is 30.3 Å². The van der Waals surface area contributed by atoms with E-state index in [9.17, 15) is 75.1 Å². The second-order valence-corrected chi connectivity index (χ2v) is 18.3. The molecule has 0 unspecified atom stereocenters. The Morgan fingerprint density at radius 1 is 0.517 bits per heavy atom. The van der Waals surface area contributed by atoms with Crippen LogP contribution >= 0.6 is 0 Å². The third kappa shape index (κ3) is 8.40. The van der Waals surface area contributed by atoms with E-state index in [-0.39, 0.29) is 5.75 Å². The van der Waals surface area contributed by atoms with Crippen LogP contribution in [-0.2, 0) is 50.6 Å². The number of nitrogens with zero attached hydrogens (tertiary/aromatic N) is 6. The van der Waals surface area contributed by atoms with Gasteiger partial charge in [-0.05, 0) is 53.2 Å². The van der Waals surface area contributed by atoms with Crippen LogP contribution in [0.2, 0.25) is 0 Å². The molecule has 0 spiro atoms. The van der Waals surface area contributed by atoms with Crippen LogP contribution in [0, 0.1) is 0 Å². The summed E-state index contributed by atoms with van der Waals surface area (Å²) in [4.78, 5) is -5.69. The van der Waals surface area contributed by atoms with E-state index >= 15 is 0 Å². The van der Waals surface area contributed by atoms with Gasteiger partial charge in [-0.2, -0.15) is 52.3 Å². The molecule has 9 N–H and O–H groups in total. The summed E-state index contributed by atoms with van der Waals surface area (Å²) < 4.78 is 177. The first-order valence-corrected chi connectivity index (χ1v) is 21.9. The van der Waals surface area contributed by atoms with Crippen LogP contribution in [-0.4, -0.2) is 89.2 Å². The molecule has 0 bridgehead atoms. The number of anilines is 1. The van der Waals surface area contributed by atoms with E-state index < -0.39 is 142 Å². The molecule has 0 saturated carbocycles. The zero-order valence-corrected chi connectivity index (χ0v) is 32.6. The zero-order valence-electron chi connectivity index (χ0n) is 28.5. The molecule has 0 aliphatic rings. The Morgan fingerprint density at radius 3 is 1.45 bits per heavy atom. The third-order valence-electron chi connectivity index (χ3n) is 7.72. The fourth-order valence-electron chi connectivity index (χ4n) is 5.26. The minimum atomic E-state index is -5.42. The Kier molecular flexibility index (Phi) is 11.1. The Labute approximate surface area is 325 Å². The van der Waals surface area contributed by atoms with Gasteiger partial charge in [0, 0.05) is 18.5 Å². The molecule has 0 amide bonds. The predicted molar refractivity (Wildman–Crippen MR) is 196 cm³/mol. The normalized spacial score (nSPS) is 13.4. The quantitative estimate of drug-likeness (QED) is 0.0502. The van der Waals surface area contributed by atoms with Crippen LogP contribution < -0.4 is 10.5 Å². The van der Waals surface area contributed by atoms with Gasteiger partial charge in [0.05, 0.1) is 18.2 Å². The van der Waals surface area contributed by atoms with E-state index in [1.54, 1.807) is 0 Å². The minimum Gasteiger partial charge on any atom is -0.505 e. The first kappa shape index (κ1) is 43.3. The van der Waals surface area contributed by atoms with Crippen molar-refractivity contribution < 1.29 is 79.8 Å². The van der Waals surface area contributed by atoms with Crippen molar-refractivity contribution in [2.24, 2.45) is 30.7 Å². The number of fused-ring (bicyclic) bond motifs is 2. The molecule has 0 fully saturated rings. The molecule has 0 heterocycles. The van der Waals surface area contributed by atoms with E-state index in [1.165, 1.54) is 0 Å². The van der Waals surface area contributed by atoms with Crippen molar-refractivity contribution in [1.82, 2.24) is 0 Å². The second kappa shape index (κ2) is 14.8. The van der Waals surface area contributed by atoms with E-state index in [0.717, 1.165) is 32.4 Å². The monoisotopic (exact) mass is 905 g/mol. The number of hydrogen-bond acceptors (Lipinski definition) is 20. The highest BCUT2D eigenvalue weighted by Crippen LogP contribution is 2.49. The summed E-state index contributed by atoms with van der Waals surface area (Å²) in [6.07, 6.45) is 0. The summed E-state index contributed by atoms with van der Waals surface area (Å²) >= 11 is 0. The Balaban J connectivity index is 1.84. The lowest BCUT2D eigenvalue weighted by atomic mass is 10.1. The molecular weight excluding hydrogens is 883 g/mol. The van der Waals surface area contributed by atoms with E-state index in [4.69, 9.17) is 10.5 Å². The summed E-state index contributed by atoms with van der Waals surface area (Å²) in [5.74, 6) is -2.43. The summed E-state index contributed by atoms with van der Waals surface area (Å²) in [6, 6.07) is 5.71. The van der Waals surface area contributed by atoms with Gasteiger partial charge in [-0.3, -0.25) is 22.8 Å². The van der Waals surface area contributed by atoms with Gasteiger partial charge < -0.3 is 20.7 Å². The Hall–Kier alpha value is -5.83. The van der Waals surface area contributed by atoms with Crippen LogP contribution in [0.4, 0.5) is 34.1 Å². The van der Waals surface area contributed by atoms with Crippen molar-refractivity contribution in [3.8, 4) is 17.2 Å². The third-order valence-corrected chi connectivity index (χ3v) is 12.1. The summed E-state index contributed by atoms with van der Waals surface area (Å²) in [5, 5.41) is 41.0. The SMILES string of the molecule is CN=Nc1c(S(=O)(=O)O)cc2cc(S(=O)(=O)O)c(N=Nc3cc4c(O)c(N=Nc5ccc(OC)cc5S(=O)(=O)O)c(S(=O)(=O)O)cc4cc3S(=O)(=O)O)c(N)c2c1O. The fraction of sp³-hybridized carbons (Fsp3) is 0.0714. The van der Waals surface area contributed by atoms with Crippen LogP contribution in [0.25, 0.3) is 21.5 Å². The number of nitrogen functional groups attached to an aromatic ring is 1. The molecule has 0 radical (unpaired) electrons. The topological polar surface area (TPSA) is 422 Å². The van der Waals surface area contributed by atoms with Crippen LogP contribution in [0.3, 0.4) is 0 Å². The zero-order chi connectivity index (χ0) is 43.5. The molecule has 0 saturated heterocycles. The second-order valence-electron chi connectivity index (χ2n) is 11.3. The maximum absolute atomic E-state index is 12.5. The molecule has 5 aromatic rings. The van der Waals surface area contributed by atoms with Crippen LogP contribution in [0.5, 0.6) is 17.2 Å². The molecular formula is C28H23N7O18S5. The highest BCUT2D eigenvalue weighted by Gasteiger charge is 2.29. The number of ether oxygens (including phenoxy) is 1. The lowest BCUT2D eigenvalue weighted by molar-refractivity contribution is 0.412. The maximum Gasteiger partial charge on any atom is 0.296 e. The lowest BCUT2D eigenvalue weighted by Crippen LogP contribution is -2.04. The molecule has 25 nitrogen and oxygen atoms in total. The smallest absolute Gasteiger partial charge is 0.296 e. The summed E-state index contributed by atoms with van der Waals surface area (Å²) in [7, 11) is -24.2. The van der Waals surface area contributed by atoms with Crippen molar-refractivity contribution in [3.63, 3.8) is 0 Å². The van der Waals surface area contributed by atoms with Crippen molar-refractivity contribution in [3.05, 3.63) is 48.5 Å². The molecule has 0 aliphatic carbocycles. The number of nitrogens with two attached hydrogens (primary N) is 1. The highest BCUT2D eigenvalue weighted by molar-refractivity contribution is 7.87. The molecule has 58 heavy (non-hydrogen) atoms. The van der Waals surface area contributed by atoms with Gasteiger partial charge in [0.2, 0.25) is 0 Å². The van der Waals surface area contributed by atoms with Gasteiger partial charge in [-0.1, -0.05) is 0 Å². The number of aromatic hydroxyl groups is 2. The maximum atomic E-state index is 12.5. The average molecular weight is 906 g/mol. The predicted octanol–water partition coefficient (Wildman–Crippen LogP) is 4.77. The van der Waals surface area contributed by atoms with Crippen molar-refractivity contribution in [2.45, 2.75) is 24.5 Å². The van der Waals surface area contributed by atoms with Crippen LogP contribution in [0.15, 0.2) is 104 Å². The number of hydrogen-bond donors (Lipinski definition) is 8. The molecule has 308 valence electrons. The molecule has 0 atom stereocenters. The molecule has 0 aromatic heterocycles. The van der Waals surface area contributed by atoms with Gasteiger partial charge >= 0.3 is 0 Å². The van der Waals surface area contributed by atoms with Crippen molar-refractivity contribution in [1.29, 1.82) is 0 Å². The van der Waals surface area contributed by atoms with Crippen molar-refractivity contribution >= 4 is 106 Å². The number of phenols is 2. The average Bonchev–Trinajstić information content (AvgIpc) is 3.09. The van der Waals surface area contributed by atoms with Gasteiger partial charge in [0.1, 0.15) is 58.7 Å². The number of benzene rings is 5. The van der Waals surface area contributed by atoms with Crippen molar-refractivity contribution in [2.75, 3.05) is 19.9 Å². The fourth-order valence-corrected chi connectivity index (χ4v) is 8.53. The minimum absolute atomic E-state index is 0.0833. The first-order chi connectivity index (χ1) is 26.6. The molecule has 0 aliphatic heterocycles. The van der Waals surface area contributed by atoms with E-state index in [2.05, 4.69) is 30.7 Å². The number of rotatable bonds is 11. The largest absolute Gasteiger partial charge is 0.505 e. The Bertz CT molecular complexity index is 3280. The number of azo groups is 3. The number of methoxy groups -OCH3 is 1.